The van der Waals surface area contributed by atoms with Gasteiger partial charge in [-0.2, -0.15) is 4.31 Å². The molecule has 0 amide bonds. The second-order valence-electron chi connectivity index (χ2n) is 5.74. The summed E-state index contributed by atoms with van der Waals surface area (Å²) < 4.78 is 26.9. The zero-order chi connectivity index (χ0) is 17.9. The molecule has 0 saturated carbocycles. The molecule has 1 aromatic carbocycles. The summed E-state index contributed by atoms with van der Waals surface area (Å²) in [5, 5.41) is 9.28. The van der Waals surface area contributed by atoms with Crippen LogP contribution in [0.25, 0.3) is 0 Å². The maximum absolute atomic E-state index is 12.7. The Kier molecular flexibility index (Phi) is 6.55. The quantitative estimate of drug-likeness (QED) is 0.748. The molecule has 1 heterocycles. The number of hydrogen-bond donors (Lipinski definition) is 1. The van der Waals surface area contributed by atoms with Gasteiger partial charge in [0.25, 0.3) is 0 Å². The molecule has 0 atom stereocenters. The maximum atomic E-state index is 12.7. The molecule has 1 aliphatic rings. The van der Waals surface area contributed by atoms with Crippen LogP contribution in [-0.4, -0.2) is 67.7 Å². The van der Waals surface area contributed by atoms with E-state index >= 15 is 0 Å². The van der Waals surface area contributed by atoms with Gasteiger partial charge in [0.1, 0.15) is 0 Å². The molecular weight excluding hydrogens is 372 g/mol. The Morgan fingerprint density at radius 1 is 1.42 bits per heavy atom. The molecule has 2 rings (SSSR count). The second-order valence-corrected chi connectivity index (χ2v) is 8.93. The first-order chi connectivity index (χ1) is 11.3. The van der Waals surface area contributed by atoms with E-state index in [1.54, 1.807) is 24.1 Å². The Labute approximate surface area is 151 Å². The first-order valence-corrected chi connectivity index (χ1v) is 10.6. The van der Waals surface area contributed by atoms with Crippen LogP contribution < -0.4 is 0 Å². The summed E-state index contributed by atoms with van der Waals surface area (Å²) in [4.78, 5) is 13.6. The molecule has 6 nitrogen and oxygen atoms in total. The second kappa shape index (κ2) is 8.05. The molecule has 0 bridgehead atoms. The highest BCUT2D eigenvalue weighted by Crippen LogP contribution is 2.30. The van der Waals surface area contributed by atoms with Crippen LogP contribution in [0.3, 0.4) is 0 Å². The average Bonchev–Trinajstić information content (AvgIpc) is 2.54. The van der Waals surface area contributed by atoms with Crippen molar-refractivity contribution in [2.75, 3.05) is 32.9 Å². The zero-order valence-electron chi connectivity index (χ0n) is 13.6. The SMILES string of the molecule is CSc1ccc(S(=O)(=O)N2CCC(N(C)CC(=O)O)CC2)cc1Cl. The van der Waals surface area contributed by atoms with Crippen LogP contribution in [0.2, 0.25) is 5.02 Å². The zero-order valence-corrected chi connectivity index (χ0v) is 16.0. The molecule has 1 aliphatic heterocycles. The maximum Gasteiger partial charge on any atom is 0.317 e. The van der Waals surface area contributed by atoms with Crippen LogP contribution in [0.5, 0.6) is 0 Å². The smallest absolute Gasteiger partial charge is 0.317 e. The van der Waals surface area contributed by atoms with Crippen LogP contribution in [0.15, 0.2) is 28.0 Å². The minimum absolute atomic E-state index is 0.0385. The van der Waals surface area contributed by atoms with Crippen molar-refractivity contribution in [1.29, 1.82) is 0 Å². The number of carbonyl (C=O) groups is 1. The molecule has 1 aromatic rings. The van der Waals surface area contributed by atoms with E-state index in [-0.39, 0.29) is 17.5 Å². The predicted molar refractivity (Wildman–Crippen MR) is 95.3 cm³/mol. The predicted octanol–water partition coefficient (Wildman–Crippen LogP) is 2.23. The number of carboxylic acid groups (broad SMARTS) is 1. The number of likely N-dealkylation sites (N-methyl/N-ethyl adjacent to an activating group) is 1. The monoisotopic (exact) mass is 392 g/mol. The van der Waals surface area contributed by atoms with E-state index in [2.05, 4.69) is 0 Å². The molecule has 1 fully saturated rings. The van der Waals surface area contributed by atoms with Crippen molar-refractivity contribution in [2.24, 2.45) is 0 Å². The van der Waals surface area contributed by atoms with Gasteiger partial charge in [-0.15, -0.1) is 11.8 Å². The summed E-state index contributed by atoms with van der Waals surface area (Å²) in [7, 11) is -1.82. The highest BCUT2D eigenvalue weighted by atomic mass is 35.5. The minimum atomic E-state index is -3.58. The van der Waals surface area contributed by atoms with Crippen LogP contribution >= 0.6 is 23.4 Å². The van der Waals surface area contributed by atoms with Gasteiger partial charge in [0.15, 0.2) is 0 Å². The number of aliphatic carboxylic acids is 1. The van der Waals surface area contributed by atoms with E-state index in [0.717, 1.165) is 4.90 Å². The summed E-state index contributed by atoms with van der Waals surface area (Å²) >= 11 is 7.59. The standard InChI is InChI=1S/C15H21ClN2O4S2/c1-17(10-15(19)20)11-5-7-18(8-6-11)24(21,22)12-3-4-14(23-2)13(16)9-12/h3-4,9,11H,5-8,10H2,1-2H3,(H,19,20). The van der Waals surface area contributed by atoms with E-state index in [4.69, 9.17) is 16.7 Å². The van der Waals surface area contributed by atoms with Gasteiger partial charge in [-0.1, -0.05) is 11.6 Å². The Morgan fingerprint density at radius 3 is 2.54 bits per heavy atom. The summed E-state index contributed by atoms with van der Waals surface area (Å²) in [6, 6.07) is 4.86. The first-order valence-electron chi connectivity index (χ1n) is 7.51. The number of rotatable bonds is 6. The Morgan fingerprint density at radius 2 is 2.04 bits per heavy atom. The summed E-state index contributed by atoms with van der Waals surface area (Å²) in [6.07, 6.45) is 3.10. The Hall–Kier alpha value is -0.800. The van der Waals surface area contributed by atoms with Crippen molar-refractivity contribution in [3.8, 4) is 0 Å². The topological polar surface area (TPSA) is 77.9 Å². The molecule has 0 spiro atoms. The van der Waals surface area contributed by atoms with Crippen molar-refractivity contribution in [3.05, 3.63) is 23.2 Å². The van der Waals surface area contributed by atoms with Crippen molar-refractivity contribution in [3.63, 3.8) is 0 Å². The van der Waals surface area contributed by atoms with E-state index in [1.165, 1.54) is 22.1 Å². The van der Waals surface area contributed by atoms with Gasteiger partial charge in [-0.25, -0.2) is 8.42 Å². The highest BCUT2D eigenvalue weighted by molar-refractivity contribution is 7.98. The molecule has 24 heavy (non-hydrogen) atoms. The molecule has 0 aliphatic carbocycles. The number of halogens is 1. The molecule has 134 valence electrons. The van der Waals surface area contributed by atoms with Gasteiger partial charge in [0.2, 0.25) is 10.0 Å². The highest BCUT2D eigenvalue weighted by Gasteiger charge is 2.31. The lowest BCUT2D eigenvalue weighted by atomic mass is 10.1. The summed E-state index contributed by atoms with van der Waals surface area (Å²) in [6.45, 7) is 0.709. The molecule has 0 radical (unpaired) electrons. The lowest BCUT2D eigenvalue weighted by molar-refractivity contribution is -0.138. The summed E-state index contributed by atoms with van der Waals surface area (Å²) in [5.41, 5.74) is 0. The van der Waals surface area contributed by atoms with E-state index in [1.807, 2.05) is 6.26 Å². The minimum Gasteiger partial charge on any atom is -0.480 e. The molecule has 0 aromatic heterocycles. The third kappa shape index (κ3) is 4.43. The van der Waals surface area contributed by atoms with Crippen LogP contribution in [-0.2, 0) is 14.8 Å². The van der Waals surface area contributed by atoms with Gasteiger partial charge < -0.3 is 5.11 Å². The van der Waals surface area contributed by atoms with E-state index in [0.29, 0.717) is 31.0 Å². The fourth-order valence-electron chi connectivity index (χ4n) is 2.82. The number of carboxylic acids is 1. The van der Waals surface area contributed by atoms with Crippen molar-refractivity contribution in [1.82, 2.24) is 9.21 Å². The molecule has 0 unspecified atom stereocenters. The number of nitrogens with zero attached hydrogens (tertiary/aromatic N) is 2. The largest absolute Gasteiger partial charge is 0.480 e. The van der Waals surface area contributed by atoms with Gasteiger partial charge in [-0.3, -0.25) is 9.69 Å². The number of hydrogen-bond acceptors (Lipinski definition) is 5. The first kappa shape index (κ1) is 19.5. The Balaban J connectivity index is 2.07. The average molecular weight is 393 g/mol. The van der Waals surface area contributed by atoms with Crippen LogP contribution in [0.4, 0.5) is 0 Å². The number of sulfonamides is 1. The lowest BCUT2D eigenvalue weighted by Crippen LogP contribution is -2.46. The molecule has 1 saturated heterocycles. The van der Waals surface area contributed by atoms with Crippen LogP contribution in [0, 0.1) is 0 Å². The summed E-state index contributed by atoms with van der Waals surface area (Å²) in [5.74, 6) is -0.879. The van der Waals surface area contributed by atoms with Gasteiger partial charge in [0.05, 0.1) is 16.5 Å². The van der Waals surface area contributed by atoms with Gasteiger partial charge >= 0.3 is 5.97 Å². The van der Waals surface area contributed by atoms with Crippen molar-refractivity contribution in [2.45, 2.75) is 28.7 Å². The number of piperidine rings is 1. The van der Waals surface area contributed by atoms with Gasteiger partial charge in [0, 0.05) is 24.0 Å². The number of thioether (sulfide) groups is 1. The lowest BCUT2D eigenvalue weighted by Gasteiger charge is -2.35. The van der Waals surface area contributed by atoms with Crippen molar-refractivity contribution < 1.29 is 18.3 Å². The van der Waals surface area contributed by atoms with Crippen LogP contribution in [0.1, 0.15) is 12.8 Å². The van der Waals surface area contributed by atoms with Gasteiger partial charge in [-0.05, 0) is 44.3 Å². The van der Waals surface area contributed by atoms with E-state index < -0.39 is 16.0 Å². The Bertz CT molecular complexity index is 703. The van der Waals surface area contributed by atoms with Crippen molar-refractivity contribution >= 4 is 39.4 Å². The molecular formula is C15H21ClN2O4S2. The third-order valence-corrected chi connectivity index (χ3v) is 7.31. The fraction of sp³-hybridized carbons (Fsp3) is 0.533. The fourth-order valence-corrected chi connectivity index (χ4v) is 5.25. The normalized spacial score (nSPS) is 17.3. The molecule has 1 N–H and O–H groups in total. The molecule has 9 heteroatoms. The van der Waals surface area contributed by atoms with E-state index in [9.17, 15) is 13.2 Å². The number of benzene rings is 1. The third-order valence-electron chi connectivity index (χ3n) is 4.19.